The van der Waals surface area contributed by atoms with E-state index in [9.17, 15) is 4.39 Å². The van der Waals surface area contributed by atoms with Crippen molar-refractivity contribution in [2.45, 2.75) is 57.7 Å². The van der Waals surface area contributed by atoms with Crippen molar-refractivity contribution in [2.24, 2.45) is 4.99 Å². The quantitative estimate of drug-likeness (QED) is 0.526. The number of halogens is 1. The van der Waals surface area contributed by atoms with E-state index in [-0.39, 0.29) is 5.82 Å². The van der Waals surface area contributed by atoms with Gasteiger partial charge in [-0.1, -0.05) is 19.4 Å². The Morgan fingerprint density at radius 1 is 1.20 bits per heavy atom. The van der Waals surface area contributed by atoms with Crippen LogP contribution in [0.1, 0.15) is 44.6 Å². The molecule has 0 bridgehead atoms. The predicted molar refractivity (Wildman–Crippen MR) is 121 cm³/mol. The molecule has 0 aliphatic carbocycles. The van der Waals surface area contributed by atoms with Gasteiger partial charge in [-0.15, -0.1) is 0 Å². The lowest BCUT2D eigenvalue weighted by Crippen LogP contribution is -2.52. The molecule has 2 aliphatic heterocycles. The van der Waals surface area contributed by atoms with Crippen LogP contribution in [0, 0.1) is 5.82 Å². The lowest BCUT2D eigenvalue weighted by atomic mass is 10.0. The Morgan fingerprint density at radius 3 is 2.67 bits per heavy atom. The molecule has 1 unspecified atom stereocenters. The maximum absolute atomic E-state index is 13.9. The molecule has 168 valence electrons. The standard InChI is InChI=1S/C23H38FN5O/c1-4-29-12-6-5-7-20(29)16-26-23(25-2)27-19-10-13-28(14-11-19)17-18-8-9-22(30-3)21(24)15-18/h8-9,15,19-20H,4-7,10-14,16-17H2,1-3H3,(H2,25,26,27). The van der Waals surface area contributed by atoms with Crippen LogP contribution in [0.2, 0.25) is 0 Å². The van der Waals surface area contributed by atoms with Gasteiger partial charge in [-0.3, -0.25) is 14.8 Å². The lowest BCUT2D eigenvalue weighted by molar-refractivity contribution is 0.157. The summed E-state index contributed by atoms with van der Waals surface area (Å²) in [6.45, 7) is 8.30. The van der Waals surface area contributed by atoms with Gasteiger partial charge < -0.3 is 15.4 Å². The summed E-state index contributed by atoms with van der Waals surface area (Å²) in [6, 6.07) is 6.27. The molecule has 0 aromatic heterocycles. The summed E-state index contributed by atoms with van der Waals surface area (Å²) in [6.07, 6.45) is 6.03. The summed E-state index contributed by atoms with van der Waals surface area (Å²) in [5.74, 6) is 0.921. The van der Waals surface area contributed by atoms with E-state index in [1.165, 1.54) is 32.9 Å². The first-order valence-corrected chi connectivity index (χ1v) is 11.4. The first-order chi connectivity index (χ1) is 14.6. The van der Waals surface area contributed by atoms with Crippen molar-refractivity contribution in [1.29, 1.82) is 0 Å². The highest BCUT2D eigenvalue weighted by atomic mass is 19.1. The van der Waals surface area contributed by atoms with Gasteiger partial charge in [0.25, 0.3) is 0 Å². The summed E-state index contributed by atoms with van der Waals surface area (Å²) in [4.78, 5) is 9.40. The molecule has 7 heteroatoms. The van der Waals surface area contributed by atoms with Gasteiger partial charge in [0.05, 0.1) is 7.11 Å². The SMILES string of the molecule is CCN1CCCCC1CNC(=NC)NC1CCN(Cc2ccc(OC)c(F)c2)CC1. The third-order valence-electron chi connectivity index (χ3n) is 6.43. The number of nitrogens with one attached hydrogen (secondary N) is 2. The maximum Gasteiger partial charge on any atom is 0.191 e. The van der Waals surface area contributed by atoms with Gasteiger partial charge in [0.1, 0.15) is 0 Å². The molecule has 0 saturated carbocycles. The first-order valence-electron chi connectivity index (χ1n) is 11.4. The van der Waals surface area contributed by atoms with Crippen molar-refractivity contribution in [3.8, 4) is 5.75 Å². The minimum Gasteiger partial charge on any atom is -0.494 e. The van der Waals surface area contributed by atoms with Crippen molar-refractivity contribution in [3.63, 3.8) is 0 Å². The zero-order valence-electron chi connectivity index (χ0n) is 18.8. The number of methoxy groups -OCH3 is 1. The average molecular weight is 420 g/mol. The lowest BCUT2D eigenvalue weighted by Gasteiger charge is -2.36. The van der Waals surface area contributed by atoms with E-state index in [0.29, 0.717) is 17.8 Å². The van der Waals surface area contributed by atoms with Gasteiger partial charge in [-0.2, -0.15) is 0 Å². The molecular formula is C23H38FN5O. The fourth-order valence-corrected chi connectivity index (χ4v) is 4.61. The summed E-state index contributed by atoms with van der Waals surface area (Å²) >= 11 is 0. The van der Waals surface area contributed by atoms with E-state index in [1.807, 2.05) is 13.1 Å². The van der Waals surface area contributed by atoms with E-state index >= 15 is 0 Å². The molecule has 2 heterocycles. The number of likely N-dealkylation sites (N-methyl/N-ethyl adjacent to an activating group) is 1. The normalized spacial score (nSPS) is 22.1. The van der Waals surface area contributed by atoms with Crippen LogP contribution in [0.5, 0.6) is 5.75 Å². The molecule has 2 N–H and O–H groups in total. The van der Waals surface area contributed by atoms with E-state index in [4.69, 9.17) is 4.74 Å². The van der Waals surface area contributed by atoms with Crippen LogP contribution < -0.4 is 15.4 Å². The number of hydrogen-bond donors (Lipinski definition) is 2. The van der Waals surface area contributed by atoms with Crippen molar-refractivity contribution in [2.75, 3.05) is 46.9 Å². The zero-order valence-corrected chi connectivity index (χ0v) is 18.8. The first kappa shape index (κ1) is 22.8. The summed E-state index contributed by atoms with van der Waals surface area (Å²) < 4.78 is 18.9. The van der Waals surface area contributed by atoms with Crippen LogP contribution in [0.15, 0.2) is 23.2 Å². The third kappa shape index (κ3) is 6.32. The van der Waals surface area contributed by atoms with Gasteiger partial charge in [-0.05, 0) is 56.5 Å². The zero-order chi connectivity index (χ0) is 21.3. The molecular weight excluding hydrogens is 381 g/mol. The largest absolute Gasteiger partial charge is 0.494 e. The Kier molecular flexibility index (Phi) is 8.75. The fraction of sp³-hybridized carbons (Fsp3) is 0.696. The summed E-state index contributed by atoms with van der Waals surface area (Å²) in [5.41, 5.74) is 0.991. The molecule has 1 atom stereocenters. The van der Waals surface area contributed by atoms with Crippen LogP contribution in [0.25, 0.3) is 0 Å². The van der Waals surface area contributed by atoms with Gasteiger partial charge in [0, 0.05) is 45.3 Å². The van der Waals surface area contributed by atoms with Crippen LogP contribution in [-0.2, 0) is 6.54 Å². The highest BCUT2D eigenvalue weighted by Gasteiger charge is 2.23. The van der Waals surface area contributed by atoms with Gasteiger partial charge >= 0.3 is 0 Å². The molecule has 0 amide bonds. The molecule has 6 nitrogen and oxygen atoms in total. The molecule has 0 radical (unpaired) electrons. The number of hydrogen-bond acceptors (Lipinski definition) is 4. The molecule has 2 aliphatic rings. The van der Waals surface area contributed by atoms with Crippen molar-refractivity contribution in [3.05, 3.63) is 29.6 Å². The number of likely N-dealkylation sites (tertiary alicyclic amines) is 2. The highest BCUT2D eigenvalue weighted by molar-refractivity contribution is 5.80. The predicted octanol–water partition coefficient (Wildman–Crippen LogP) is 2.84. The smallest absolute Gasteiger partial charge is 0.191 e. The molecule has 2 saturated heterocycles. The minimum absolute atomic E-state index is 0.291. The Hall–Kier alpha value is -1.86. The van der Waals surface area contributed by atoms with Gasteiger partial charge in [0.2, 0.25) is 0 Å². The van der Waals surface area contributed by atoms with Crippen molar-refractivity contribution in [1.82, 2.24) is 20.4 Å². The monoisotopic (exact) mass is 419 g/mol. The number of aliphatic imine (C=N–C) groups is 1. The molecule has 1 aromatic carbocycles. The fourth-order valence-electron chi connectivity index (χ4n) is 4.61. The summed E-state index contributed by atoms with van der Waals surface area (Å²) in [5, 5.41) is 7.15. The number of piperidine rings is 2. The number of benzene rings is 1. The molecule has 1 aromatic rings. The van der Waals surface area contributed by atoms with Crippen LogP contribution >= 0.6 is 0 Å². The average Bonchev–Trinajstić information content (AvgIpc) is 2.78. The van der Waals surface area contributed by atoms with E-state index < -0.39 is 0 Å². The highest BCUT2D eigenvalue weighted by Crippen LogP contribution is 2.20. The van der Waals surface area contributed by atoms with E-state index in [2.05, 4.69) is 32.3 Å². The Bertz CT molecular complexity index is 690. The second-order valence-electron chi connectivity index (χ2n) is 8.39. The van der Waals surface area contributed by atoms with Gasteiger partial charge in [-0.25, -0.2) is 4.39 Å². The molecule has 3 rings (SSSR count). The third-order valence-corrected chi connectivity index (χ3v) is 6.43. The minimum atomic E-state index is -0.291. The summed E-state index contributed by atoms with van der Waals surface area (Å²) in [7, 11) is 3.34. The second kappa shape index (κ2) is 11.5. The molecule has 2 fully saturated rings. The second-order valence-corrected chi connectivity index (χ2v) is 8.39. The number of nitrogens with zero attached hydrogens (tertiary/aromatic N) is 3. The maximum atomic E-state index is 13.9. The molecule has 0 spiro atoms. The number of ether oxygens (including phenoxy) is 1. The van der Waals surface area contributed by atoms with Crippen molar-refractivity contribution >= 4 is 5.96 Å². The van der Waals surface area contributed by atoms with Crippen LogP contribution in [0.4, 0.5) is 4.39 Å². The Labute approximate surface area is 180 Å². The van der Waals surface area contributed by atoms with Gasteiger partial charge in [0.15, 0.2) is 17.5 Å². The number of guanidine groups is 1. The molecule has 30 heavy (non-hydrogen) atoms. The number of rotatable bonds is 7. The van der Waals surface area contributed by atoms with Crippen molar-refractivity contribution < 1.29 is 9.13 Å². The van der Waals surface area contributed by atoms with E-state index in [1.54, 1.807) is 12.1 Å². The topological polar surface area (TPSA) is 52.1 Å². The Balaban J connectivity index is 1.41. The van der Waals surface area contributed by atoms with Crippen LogP contribution in [-0.4, -0.2) is 74.7 Å². The van der Waals surface area contributed by atoms with E-state index in [0.717, 1.165) is 57.1 Å². The Morgan fingerprint density at radius 2 is 2.00 bits per heavy atom. The van der Waals surface area contributed by atoms with Crippen LogP contribution in [0.3, 0.4) is 0 Å².